The van der Waals surface area contributed by atoms with Crippen LogP contribution in [-0.4, -0.2) is 42.0 Å². The van der Waals surface area contributed by atoms with Crippen LogP contribution in [0.1, 0.15) is 32.7 Å². The summed E-state index contributed by atoms with van der Waals surface area (Å²) < 4.78 is 17.8. The van der Waals surface area contributed by atoms with Crippen molar-refractivity contribution in [3.05, 3.63) is 64.3 Å². The number of nitrogens with one attached hydrogen (secondary N) is 1. The quantitative estimate of drug-likeness (QED) is 0.439. The molecule has 1 N–H and O–H groups in total. The first kappa shape index (κ1) is 23.1. The average molecular weight is 461 g/mol. The Balaban J connectivity index is 1.75. The van der Waals surface area contributed by atoms with Gasteiger partial charge < -0.3 is 19.5 Å². The number of anilines is 1. The third-order valence-electron chi connectivity index (χ3n) is 5.66. The van der Waals surface area contributed by atoms with Gasteiger partial charge in [-0.1, -0.05) is 11.6 Å². The highest BCUT2D eigenvalue weighted by Gasteiger charge is 2.19. The number of benzene rings is 2. The van der Waals surface area contributed by atoms with Gasteiger partial charge in [-0.05, 0) is 63.1 Å². The Hall–Kier alpha value is -4.07. The lowest BCUT2D eigenvalue weighted by molar-refractivity contribution is 0.102. The van der Waals surface area contributed by atoms with Gasteiger partial charge in [0.05, 0.1) is 32.5 Å². The molecule has 2 heterocycles. The predicted molar refractivity (Wildman–Crippen MR) is 132 cm³/mol. The van der Waals surface area contributed by atoms with Crippen molar-refractivity contribution in [1.82, 2.24) is 14.8 Å². The molecule has 8 heteroatoms. The van der Waals surface area contributed by atoms with Crippen LogP contribution >= 0.6 is 0 Å². The van der Waals surface area contributed by atoms with Crippen molar-refractivity contribution in [2.45, 2.75) is 27.7 Å². The summed E-state index contributed by atoms with van der Waals surface area (Å²) in [6.07, 6.45) is 0. The minimum Gasteiger partial charge on any atom is -0.493 e. The zero-order valence-corrected chi connectivity index (χ0v) is 20.4. The van der Waals surface area contributed by atoms with E-state index in [1.807, 2.05) is 19.9 Å². The molecule has 2 aromatic carbocycles. The Kier molecular flexibility index (Phi) is 6.15. The molecule has 34 heavy (non-hydrogen) atoms. The number of ether oxygens (including phenoxy) is 3. The zero-order chi connectivity index (χ0) is 24.6. The van der Waals surface area contributed by atoms with E-state index in [4.69, 9.17) is 19.2 Å². The average Bonchev–Trinajstić information content (AvgIpc) is 3.18. The van der Waals surface area contributed by atoms with Crippen LogP contribution in [0.2, 0.25) is 0 Å². The Morgan fingerprint density at radius 3 is 2.15 bits per heavy atom. The van der Waals surface area contributed by atoms with E-state index in [0.717, 1.165) is 27.7 Å². The molecule has 0 aliphatic carbocycles. The molecule has 0 fully saturated rings. The maximum Gasteiger partial charge on any atom is 0.257 e. The van der Waals surface area contributed by atoms with E-state index >= 15 is 0 Å². The van der Waals surface area contributed by atoms with Crippen molar-refractivity contribution >= 4 is 22.6 Å². The number of methoxy groups -OCH3 is 3. The van der Waals surface area contributed by atoms with Gasteiger partial charge in [0.15, 0.2) is 17.3 Å². The van der Waals surface area contributed by atoms with Gasteiger partial charge in [0.1, 0.15) is 5.82 Å². The molecular formula is C26H28N4O4. The van der Waals surface area contributed by atoms with E-state index in [9.17, 15) is 4.79 Å². The molecule has 4 aromatic rings. The maximum absolute atomic E-state index is 13.2. The minimum atomic E-state index is -0.343. The van der Waals surface area contributed by atoms with Crippen LogP contribution in [0.25, 0.3) is 16.7 Å². The first-order valence-corrected chi connectivity index (χ1v) is 10.8. The van der Waals surface area contributed by atoms with Crippen LogP contribution < -0.4 is 19.5 Å². The lowest BCUT2D eigenvalue weighted by Gasteiger charge is -2.15. The van der Waals surface area contributed by atoms with E-state index in [1.165, 1.54) is 26.9 Å². The number of nitrogens with zero attached hydrogens (tertiary/aromatic N) is 3. The molecule has 0 radical (unpaired) electrons. The molecule has 8 nitrogen and oxygen atoms in total. The molecule has 176 valence electrons. The highest BCUT2D eigenvalue weighted by molar-refractivity contribution is 6.05. The third-order valence-corrected chi connectivity index (χ3v) is 5.66. The summed E-state index contributed by atoms with van der Waals surface area (Å²) >= 11 is 0. The van der Waals surface area contributed by atoms with Crippen molar-refractivity contribution in [2.24, 2.45) is 0 Å². The summed E-state index contributed by atoms with van der Waals surface area (Å²) in [5, 5.41) is 8.64. The normalized spacial score (nSPS) is 10.9. The van der Waals surface area contributed by atoms with Gasteiger partial charge in [-0.15, -0.1) is 0 Å². The van der Waals surface area contributed by atoms with Crippen LogP contribution in [-0.2, 0) is 0 Å². The first-order chi connectivity index (χ1) is 16.2. The first-order valence-electron chi connectivity index (χ1n) is 10.8. The van der Waals surface area contributed by atoms with Crippen LogP contribution in [0.15, 0.2) is 36.4 Å². The third kappa shape index (κ3) is 4.14. The SMILES string of the molecule is COc1cc(C(=O)Nc2cc(C)nn2-c2cc(C)c3cc(C)cc(C)c3n2)cc(OC)c1OC. The number of aromatic nitrogens is 3. The Labute approximate surface area is 198 Å². The van der Waals surface area contributed by atoms with Crippen LogP contribution in [0, 0.1) is 27.7 Å². The Bertz CT molecular complexity index is 1380. The van der Waals surface area contributed by atoms with Crippen molar-refractivity contribution in [1.29, 1.82) is 0 Å². The van der Waals surface area contributed by atoms with Gasteiger partial charge in [-0.25, -0.2) is 4.98 Å². The molecule has 0 saturated carbocycles. The second-order valence-electron chi connectivity index (χ2n) is 8.23. The topological polar surface area (TPSA) is 87.5 Å². The minimum absolute atomic E-state index is 0.343. The smallest absolute Gasteiger partial charge is 0.257 e. The van der Waals surface area contributed by atoms with Gasteiger partial charge in [0, 0.05) is 17.0 Å². The second kappa shape index (κ2) is 9.05. The van der Waals surface area contributed by atoms with Crippen molar-refractivity contribution in [3.63, 3.8) is 0 Å². The molecule has 0 atom stereocenters. The van der Waals surface area contributed by atoms with E-state index in [1.54, 1.807) is 22.9 Å². The summed E-state index contributed by atoms with van der Waals surface area (Å²) in [6.45, 7) is 8.05. The number of amides is 1. The van der Waals surface area contributed by atoms with Crippen LogP contribution in [0.4, 0.5) is 5.82 Å². The van der Waals surface area contributed by atoms with Crippen molar-refractivity contribution in [3.8, 4) is 23.1 Å². The standard InChI is InChI=1S/C26H28N4O4/c1-14-8-16(3)24-19(9-14)15(2)10-22(27-24)30-23(11-17(4)29-30)28-26(31)18-12-20(32-5)25(34-7)21(13-18)33-6/h8-13H,1-7H3,(H,28,31). The lowest BCUT2D eigenvalue weighted by Crippen LogP contribution is -2.16. The molecule has 0 spiro atoms. The molecule has 1 amide bonds. The monoisotopic (exact) mass is 460 g/mol. The highest BCUT2D eigenvalue weighted by Crippen LogP contribution is 2.38. The lowest BCUT2D eigenvalue weighted by atomic mass is 10.0. The summed E-state index contributed by atoms with van der Waals surface area (Å²) in [4.78, 5) is 18.1. The van der Waals surface area contributed by atoms with E-state index in [-0.39, 0.29) is 5.91 Å². The molecule has 0 aliphatic heterocycles. The molecule has 2 aromatic heterocycles. The van der Waals surface area contributed by atoms with Gasteiger partial charge in [-0.2, -0.15) is 9.78 Å². The molecule has 0 aliphatic rings. The summed E-state index contributed by atoms with van der Waals surface area (Å²) in [7, 11) is 4.53. The molecule has 4 rings (SSSR count). The van der Waals surface area contributed by atoms with Gasteiger partial charge in [-0.3, -0.25) is 4.79 Å². The molecule has 0 unspecified atom stereocenters. The van der Waals surface area contributed by atoms with Crippen molar-refractivity contribution in [2.75, 3.05) is 26.6 Å². The summed E-state index contributed by atoms with van der Waals surface area (Å²) in [6, 6.07) is 11.2. The predicted octanol–water partition coefficient (Wildman–Crippen LogP) is 4.93. The number of aryl methyl sites for hydroxylation is 4. The summed E-state index contributed by atoms with van der Waals surface area (Å²) in [5.41, 5.74) is 5.38. The van der Waals surface area contributed by atoms with E-state index in [2.05, 4.69) is 36.4 Å². The zero-order valence-electron chi connectivity index (χ0n) is 20.4. The number of fused-ring (bicyclic) bond motifs is 1. The second-order valence-corrected chi connectivity index (χ2v) is 8.23. The van der Waals surface area contributed by atoms with E-state index < -0.39 is 0 Å². The van der Waals surface area contributed by atoms with Gasteiger partial charge in [0.25, 0.3) is 5.91 Å². The van der Waals surface area contributed by atoms with Crippen molar-refractivity contribution < 1.29 is 19.0 Å². The number of hydrogen-bond acceptors (Lipinski definition) is 6. The number of pyridine rings is 1. The fourth-order valence-corrected chi connectivity index (χ4v) is 4.10. The number of rotatable bonds is 6. The Morgan fingerprint density at radius 2 is 1.53 bits per heavy atom. The van der Waals surface area contributed by atoms with Crippen LogP contribution in [0.3, 0.4) is 0 Å². The molecule has 0 bridgehead atoms. The number of carbonyl (C=O) groups excluding carboxylic acids is 1. The number of hydrogen-bond donors (Lipinski definition) is 1. The molecule has 0 saturated heterocycles. The fraction of sp³-hybridized carbons (Fsp3) is 0.269. The van der Waals surface area contributed by atoms with Gasteiger partial charge in [0.2, 0.25) is 5.75 Å². The fourth-order valence-electron chi connectivity index (χ4n) is 4.10. The highest BCUT2D eigenvalue weighted by atomic mass is 16.5. The van der Waals surface area contributed by atoms with E-state index in [0.29, 0.717) is 34.4 Å². The largest absolute Gasteiger partial charge is 0.493 e. The molecular weight excluding hydrogens is 432 g/mol. The maximum atomic E-state index is 13.2. The Morgan fingerprint density at radius 1 is 0.853 bits per heavy atom. The van der Waals surface area contributed by atoms with Gasteiger partial charge >= 0.3 is 0 Å². The number of carbonyl (C=O) groups is 1. The summed E-state index contributed by atoms with van der Waals surface area (Å²) in [5.74, 6) is 2.01. The van der Waals surface area contributed by atoms with Crippen LogP contribution in [0.5, 0.6) is 17.2 Å².